The molecule has 0 fully saturated rings. The summed E-state index contributed by atoms with van der Waals surface area (Å²) >= 11 is 1.62. The fourth-order valence-electron chi connectivity index (χ4n) is 4.00. The van der Waals surface area contributed by atoms with Crippen LogP contribution in [0.4, 0.5) is 13.2 Å². The Labute approximate surface area is 213 Å². The molecule has 5 rings (SSSR count). The molecule has 0 aromatic carbocycles. The highest BCUT2D eigenvalue weighted by atomic mass is 32.1. The van der Waals surface area contributed by atoms with E-state index >= 15 is 0 Å². The van der Waals surface area contributed by atoms with Gasteiger partial charge >= 0.3 is 6.18 Å². The molecule has 0 radical (unpaired) electrons. The lowest BCUT2D eigenvalue weighted by Gasteiger charge is -2.12. The Kier molecular flexibility index (Phi) is 6.36. The minimum Gasteiger partial charge on any atom is -0.296 e. The first-order chi connectivity index (χ1) is 17.6. The average Bonchev–Trinajstić information content (AvgIpc) is 3.61. The van der Waals surface area contributed by atoms with Crippen molar-refractivity contribution < 1.29 is 18.0 Å². The van der Waals surface area contributed by atoms with E-state index in [0.29, 0.717) is 28.3 Å². The van der Waals surface area contributed by atoms with E-state index in [0.717, 1.165) is 27.7 Å². The number of alkyl halides is 3. The molecule has 12 heteroatoms. The number of hydrogen-bond donors (Lipinski definition) is 0. The summed E-state index contributed by atoms with van der Waals surface area (Å²) in [6.07, 6.45) is 0.490. The number of thiophene rings is 1. The van der Waals surface area contributed by atoms with Crippen LogP contribution in [0, 0.1) is 6.92 Å². The number of halogens is 3. The number of ketones is 1. The number of Topliss-reactive ketones (excluding diaryl/α,β-unsaturated/α-hetero) is 1. The quantitative estimate of drug-likeness (QED) is 0.253. The number of pyridine rings is 2. The first-order valence-electron chi connectivity index (χ1n) is 11.5. The summed E-state index contributed by atoms with van der Waals surface area (Å²) in [7, 11) is 0. The average molecular weight is 526 g/mol. The molecule has 0 amide bonds. The zero-order valence-electron chi connectivity index (χ0n) is 20.2. The molecule has 0 N–H and O–H groups in total. The van der Waals surface area contributed by atoms with Crippen LogP contribution in [-0.4, -0.2) is 40.4 Å². The Bertz CT molecular complexity index is 1580. The molecule has 190 valence electrons. The first-order valence-corrected chi connectivity index (χ1v) is 12.4. The lowest BCUT2D eigenvalue weighted by molar-refractivity contribution is -0.141. The molecule has 0 atom stereocenters. The second kappa shape index (κ2) is 9.51. The normalized spacial score (nSPS) is 12.1. The SMILES string of the molecule is Cc1ccc(-c2cnc3c(-n4nnnc4C(C)C)cc(C(=O)CCc4ccc(C(F)(F)F)nc4)cn23)s1. The van der Waals surface area contributed by atoms with Crippen molar-refractivity contribution >= 4 is 22.8 Å². The summed E-state index contributed by atoms with van der Waals surface area (Å²) < 4.78 is 41.9. The molecule has 0 aliphatic heterocycles. The predicted octanol–water partition coefficient (Wildman–Crippen LogP) is 5.70. The minimum atomic E-state index is -4.51. The van der Waals surface area contributed by atoms with Gasteiger partial charge in [-0.2, -0.15) is 17.9 Å². The Balaban J connectivity index is 1.53. The van der Waals surface area contributed by atoms with Gasteiger partial charge in [-0.1, -0.05) is 19.9 Å². The molecular formula is C25H22F3N7OS. The number of tetrazole rings is 1. The van der Waals surface area contributed by atoms with Crippen LogP contribution in [0.1, 0.15) is 58.5 Å². The molecule has 0 aliphatic carbocycles. The Morgan fingerprint density at radius 3 is 2.57 bits per heavy atom. The summed E-state index contributed by atoms with van der Waals surface area (Å²) in [5.41, 5.74) is 1.99. The van der Waals surface area contributed by atoms with E-state index in [-0.39, 0.29) is 24.5 Å². The van der Waals surface area contributed by atoms with Gasteiger partial charge in [0.15, 0.2) is 17.3 Å². The predicted molar refractivity (Wildman–Crippen MR) is 132 cm³/mol. The van der Waals surface area contributed by atoms with Crippen molar-refractivity contribution in [1.82, 2.24) is 34.6 Å². The van der Waals surface area contributed by atoms with E-state index in [1.54, 1.807) is 34.5 Å². The van der Waals surface area contributed by atoms with Crippen LogP contribution in [0.3, 0.4) is 0 Å². The van der Waals surface area contributed by atoms with Gasteiger partial charge in [0.25, 0.3) is 0 Å². The van der Waals surface area contributed by atoms with Gasteiger partial charge in [-0.3, -0.25) is 14.2 Å². The van der Waals surface area contributed by atoms with E-state index in [1.165, 1.54) is 6.07 Å². The largest absolute Gasteiger partial charge is 0.433 e. The monoisotopic (exact) mass is 525 g/mol. The number of carbonyl (C=O) groups excluding carboxylic acids is 1. The molecule has 0 saturated heterocycles. The van der Waals surface area contributed by atoms with Crippen LogP contribution in [0.15, 0.2) is 48.9 Å². The van der Waals surface area contributed by atoms with Crippen molar-refractivity contribution in [2.45, 2.75) is 45.7 Å². The number of nitrogens with zero attached hydrogens (tertiary/aromatic N) is 7. The zero-order chi connectivity index (χ0) is 26.3. The van der Waals surface area contributed by atoms with Crippen molar-refractivity contribution in [3.8, 4) is 16.3 Å². The number of aromatic nitrogens is 7. The second-order valence-corrected chi connectivity index (χ2v) is 10.2. The molecule has 0 aliphatic rings. The van der Waals surface area contributed by atoms with Crippen molar-refractivity contribution in [2.24, 2.45) is 0 Å². The highest BCUT2D eigenvalue weighted by molar-refractivity contribution is 7.15. The molecule has 5 aromatic heterocycles. The molecule has 5 heterocycles. The molecule has 0 spiro atoms. The maximum Gasteiger partial charge on any atom is 0.433 e. The van der Waals surface area contributed by atoms with Crippen LogP contribution in [0.25, 0.3) is 21.9 Å². The summed E-state index contributed by atoms with van der Waals surface area (Å²) in [6, 6.07) is 8.01. The summed E-state index contributed by atoms with van der Waals surface area (Å²) in [6.45, 7) is 5.96. The third kappa shape index (κ3) is 4.88. The van der Waals surface area contributed by atoms with Crippen molar-refractivity contribution in [1.29, 1.82) is 0 Å². The fourth-order valence-corrected chi connectivity index (χ4v) is 4.87. The zero-order valence-corrected chi connectivity index (χ0v) is 21.0. The number of rotatable bonds is 7. The number of carbonyl (C=O) groups is 1. The van der Waals surface area contributed by atoms with Gasteiger partial charge in [0, 0.05) is 35.2 Å². The molecule has 5 aromatic rings. The lowest BCUT2D eigenvalue weighted by Crippen LogP contribution is -2.11. The standard InChI is InChI=1S/C25H22F3N7OS/c1-14(2)23-31-32-33-35(23)18-10-17(13-34-19(12-30-24(18)34)21-8-4-15(3)37-21)20(36)7-5-16-6-9-22(29-11-16)25(26,27)28/h4,6,8-14H,5,7H2,1-3H3. The summed E-state index contributed by atoms with van der Waals surface area (Å²) in [5.74, 6) is 0.471. The maximum atomic E-state index is 13.3. The van der Waals surface area contributed by atoms with Gasteiger partial charge in [0.05, 0.1) is 16.8 Å². The van der Waals surface area contributed by atoms with E-state index < -0.39 is 11.9 Å². The van der Waals surface area contributed by atoms with E-state index in [2.05, 4.69) is 25.5 Å². The van der Waals surface area contributed by atoms with E-state index in [4.69, 9.17) is 0 Å². The highest BCUT2D eigenvalue weighted by Crippen LogP contribution is 2.31. The Hall–Kier alpha value is -3.93. The number of hydrogen-bond acceptors (Lipinski definition) is 7. The molecule has 0 bridgehead atoms. The highest BCUT2D eigenvalue weighted by Gasteiger charge is 2.32. The lowest BCUT2D eigenvalue weighted by atomic mass is 10.0. The molecule has 0 unspecified atom stereocenters. The van der Waals surface area contributed by atoms with Crippen LogP contribution in [0.5, 0.6) is 0 Å². The third-order valence-corrected chi connectivity index (χ3v) is 6.92. The van der Waals surface area contributed by atoms with Gasteiger partial charge < -0.3 is 0 Å². The number of imidazole rings is 1. The Morgan fingerprint density at radius 2 is 1.92 bits per heavy atom. The topological polar surface area (TPSA) is 90.9 Å². The number of fused-ring (bicyclic) bond motifs is 1. The summed E-state index contributed by atoms with van der Waals surface area (Å²) in [5, 5.41) is 12.1. The van der Waals surface area contributed by atoms with Gasteiger partial charge in [-0.15, -0.1) is 16.4 Å². The summed E-state index contributed by atoms with van der Waals surface area (Å²) in [4.78, 5) is 23.6. The Morgan fingerprint density at radius 1 is 1.11 bits per heavy atom. The second-order valence-electron chi connectivity index (χ2n) is 8.94. The number of aryl methyl sites for hydroxylation is 2. The van der Waals surface area contributed by atoms with Crippen LogP contribution < -0.4 is 0 Å². The fraction of sp³-hybridized carbons (Fsp3) is 0.280. The first kappa shape index (κ1) is 24.8. The van der Waals surface area contributed by atoms with E-state index in [1.807, 2.05) is 37.3 Å². The third-order valence-electron chi connectivity index (χ3n) is 5.90. The van der Waals surface area contributed by atoms with Crippen LogP contribution in [-0.2, 0) is 12.6 Å². The molecule has 0 saturated carbocycles. The van der Waals surface area contributed by atoms with Crippen molar-refractivity contribution in [3.05, 3.63) is 76.4 Å². The van der Waals surface area contributed by atoms with Gasteiger partial charge in [0.1, 0.15) is 11.4 Å². The van der Waals surface area contributed by atoms with Gasteiger partial charge in [-0.05, 0) is 53.6 Å². The molecular weight excluding hydrogens is 503 g/mol. The van der Waals surface area contributed by atoms with E-state index in [9.17, 15) is 18.0 Å². The van der Waals surface area contributed by atoms with Gasteiger partial charge in [0.2, 0.25) is 0 Å². The smallest absolute Gasteiger partial charge is 0.296 e. The maximum absolute atomic E-state index is 13.3. The van der Waals surface area contributed by atoms with Crippen LogP contribution >= 0.6 is 11.3 Å². The minimum absolute atomic E-state index is 0.0240. The molecule has 8 nitrogen and oxygen atoms in total. The molecule has 37 heavy (non-hydrogen) atoms. The van der Waals surface area contributed by atoms with Crippen LogP contribution in [0.2, 0.25) is 0 Å². The van der Waals surface area contributed by atoms with Crippen molar-refractivity contribution in [3.63, 3.8) is 0 Å². The van der Waals surface area contributed by atoms with Crippen molar-refractivity contribution in [2.75, 3.05) is 0 Å². The van der Waals surface area contributed by atoms with Gasteiger partial charge in [-0.25, -0.2) is 4.98 Å².